The van der Waals surface area contributed by atoms with E-state index in [0.717, 1.165) is 28.2 Å². The molecule has 23 heavy (non-hydrogen) atoms. The number of pyridine rings is 2. The van der Waals surface area contributed by atoms with Crippen molar-refractivity contribution in [3.8, 4) is 11.3 Å². The van der Waals surface area contributed by atoms with Crippen LogP contribution in [0.1, 0.15) is 24.7 Å². The molecule has 4 rings (SSSR count). The van der Waals surface area contributed by atoms with E-state index in [1.165, 1.54) is 0 Å². The Morgan fingerprint density at radius 3 is 2.43 bits per heavy atom. The number of halogens is 1. The number of alkyl halides is 1. The van der Waals surface area contributed by atoms with Gasteiger partial charge >= 0.3 is 0 Å². The molecule has 0 amide bonds. The third-order valence-electron chi connectivity index (χ3n) is 4.30. The molecule has 0 unspecified atom stereocenters. The van der Waals surface area contributed by atoms with Crippen molar-refractivity contribution in [3.63, 3.8) is 0 Å². The van der Waals surface area contributed by atoms with Gasteiger partial charge in [0.05, 0.1) is 5.69 Å². The normalized spacial score (nSPS) is 20.6. The number of anilines is 2. The monoisotopic (exact) mass is 312 g/mol. The van der Waals surface area contributed by atoms with E-state index in [2.05, 4.69) is 9.97 Å². The van der Waals surface area contributed by atoms with Gasteiger partial charge in [-0.1, -0.05) is 0 Å². The van der Waals surface area contributed by atoms with Crippen molar-refractivity contribution in [1.82, 2.24) is 19.5 Å². The largest absolute Gasteiger partial charge is 0.384 e. The summed E-state index contributed by atoms with van der Waals surface area (Å²) in [4.78, 5) is 13.2. The summed E-state index contributed by atoms with van der Waals surface area (Å²) >= 11 is 0. The summed E-state index contributed by atoms with van der Waals surface area (Å²) in [5, 5.41) is 0. The first-order chi connectivity index (χ1) is 11.0. The van der Waals surface area contributed by atoms with Gasteiger partial charge in [0, 0.05) is 11.6 Å². The highest BCUT2D eigenvalue weighted by molar-refractivity contribution is 5.77. The molecule has 0 spiro atoms. The Hall–Kier alpha value is -2.70. The van der Waals surface area contributed by atoms with Crippen molar-refractivity contribution in [2.75, 3.05) is 11.5 Å². The summed E-state index contributed by atoms with van der Waals surface area (Å²) < 4.78 is 15.3. The number of nitrogen functional groups attached to an aromatic ring is 2. The summed E-state index contributed by atoms with van der Waals surface area (Å²) in [6, 6.07) is 7.40. The van der Waals surface area contributed by atoms with E-state index < -0.39 is 6.17 Å². The number of aryl methyl sites for hydroxylation is 1. The summed E-state index contributed by atoms with van der Waals surface area (Å²) in [6.07, 6.45) is 0.320. The fourth-order valence-electron chi connectivity index (χ4n) is 3.14. The number of imidazole rings is 1. The lowest BCUT2D eigenvalue weighted by molar-refractivity contribution is 0.137. The van der Waals surface area contributed by atoms with Crippen LogP contribution < -0.4 is 11.5 Å². The lowest BCUT2D eigenvalue weighted by atomic mass is 9.90. The fraction of sp³-hybridized carbons (Fsp3) is 0.312. The Bertz CT molecular complexity index is 877. The molecular formula is C16H17FN6. The minimum absolute atomic E-state index is 0.130. The molecule has 0 saturated heterocycles. The molecule has 0 aliphatic heterocycles. The molecule has 1 fully saturated rings. The van der Waals surface area contributed by atoms with Crippen LogP contribution in [0.3, 0.4) is 0 Å². The van der Waals surface area contributed by atoms with Gasteiger partial charge in [-0.3, -0.25) is 0 Å². The van der Waals surface area contributed by atoms with Gasteiger partial charge in [0.15, 0.2) is 5.65 Å². The van der Waals surface area contributed by atoms with E-state index in [1.807, 2.05) is 23.6 Å². The number of aromatic nitrogens is 4. The number of rotatable bonds is 2. The van der Waals surface area contributed by atoms with E-state index in [0.29, 0.717) is 24.5 Å². The van der Waals surface area contributed by atoms with E-state index in [4.69, 9.17) is 16.5 Å². The fourth-order valence-corrected chi connectivity index (χ4v) is 3.14. The Kier molecular flexibility index (Phi) is 2.97. The molecule has 1 aliphatic rings. The van der Waals surface area contributed by atoms with E-state index >= 15 is 0 Å². The van der Waals surface area contributed by atoms with Crippen LogP contribution in [-0.2, 0) is 0 Å². The predicted molar refractivity (Wildman–Crippen MR) is 87.5 cm³/mol. The van der Waals surface area contributed by atoms with Crippen molar-refractivity contribution >= 4 is 22.8 Å². The maximum absolute atomic E-state index is 13.2. The Balaban J connectivity index is 1.85. The molecular weight excluding hydrogens is 295 g/mol. The minimum Gasteiger partial charge on any atom is -0.384 e. The van der Waals surface area contributed by atoms with E-state index in [-0.39, 0.29) is 6.04 Å². The van der Waals surface area contributed by atoms with Crippen LogP contribution in [0.5, 0.6) is 0 Å². The average molecular weight is 312 g/mol. The molecule has 0 atom stereocenters. The zero-order valence-electron chi connectivity index (χ0n) is 12.7. The van der Waals surface area contributed by atoms with Crippen LogP contribution >= 0.6 is 0 Å². The second-order valence-corrected chi connectivity index (χ2v) is 6.00. The molecule has 3 aromatic rings. The van der Waals surface area contributed by atoms with Crippen LogP contribution in [-0.4, -0.2) is 25.7 Å². The van der Waals surface area contributed by atoms with Crippen molar-refractivity contribution in [2.24, 2.45) is 0 Å². The van der Waals surface area contributed by atoms with Crippen molar-refractivity contribution in [1.29, 1.82) is 0 Å². The molecule has 0 bridgehead atoms. The molecule has 7 heteroatoms. The highest BCUT2D eigenvalue weighted by atomic mass is 19.1. The van der Waals surface area contributed by atoms with Crippen LogP contribution in [0, 0.1) is 6.92 Å². The van der Waals surface area contributed by atoms with E-state index in [9.17, 15) is 4.39 Å². The lowest BCUT2D eigenvalue weighted by Crippen LogP contribution is -2.28. The first-order valence-electron chi connectivity index (χ1n) is 7.54. The smallest absolute Gasteiger partial charge is 0.160 e. The topological polar surface area (TPSA) is 95.6 Å². The first-order valence-corrected chi connectivity index (χ1v) is 7.54. The minimum atomic E-state index is -0.722. The van der Waals surface area contributed by atoms with Gasteiger partial charge in [0.2, 0.25) is 0 Å². The molecule has 4 N–H and O–H groups in total. The third-order valence-corrected chi connectivity index (χ3v) is 4.30. The maximum Gasteiger partial charge on any atom is 0.160 e. The molecule has 3 aromatic heterocycles. The summed E-state index contributed by atoms with van der Waals surface area (Å²) in [6.45, 7) is 1.93. The van der Waals surface area contributed by atoms with Gasteiger partial charge in [-0.05, 0) is 44.0 Å². The van der Waals surface area contributed by atoms with Gasteiger partial charge in [-0.2, -0.15) is 0 Å². The average Bonchev–Trinajstić information content (AvgIpc) is 2.77. The van der Waals surface area contributed by atoms with Crippen LogP contribution in [0.4, 0.5) is 16.0 Å². The second kappa shape index (κ2) is 4.91. The molecule has 6 nitrogen and oxygen atoms in total. The summed E-state index contributed by atoms with van der Waals surface area (Å²) in [5.74, 6) is 1.56. The number of hydrogen-bond acceptors (Lipinski definition) is 5. The lowest BCUT2D eigenvalue weighted by Gasteiger charge is -2.31. The highest BCUT2D eigenvalue weighted by Crippen LogP contribution is 2.37. The molecule has 1 aliphatic carbocycles. The van der Waals surface area contributed by atoms with Gasteiger partial charge < -0.3 is 16.0 Å². The van der Waals surface area contributed by atoms with Gasteiger partial charge in [-0.15, -0.1) is 0 Å². The Morgan fingerprint density at radius 1 is 1.09 bits per heavy atom. The number of nitrogens with two attached hydrogens (primary N) is 2. The quantitative estimate of drug-likeness (QED) is 0.758. The van der Waals surface area contributed by atoms with Gasteiger partial charge in [-0.25, -0.2) is 19.3 Å². The number of nitrogens with zero attached hydrogens (tertiary/aromatic N) is 4. The molecule has 0 radical (unpaired) electrons. The number of hydrogen-bond donors (Lipinski definition) is 2. The van der Waals surface area contributed by atoms with Crippen molar-refractivity contribution in [3.05, 3.63) is 30.1 Å². The Labute approximate surface area is 132 Å². The highest BCUT2D eigenvalue weighted by Gasteiger charge is 2.32. The first kappa shape index (κ1) is 13.9. The summed E-state index contributed by atoms with van der Waals surface area (Å²) in [5.41, 5.74) is 14.6. The van der Waals surface area contributed by atoms with Crippen LogP contribution in [0.15, 0.2) is 24.3 Å². The van der Waals surface area contributed by atoms with Crippen LogP contribution in [0.25, 0.3) is 22.4 Å². The van der Waals surface area contributed by atoms with Crippen molar-refractivity contribution < 1.29 is 4.39 Å². The molecule has 3 heterocycles. The third kappa shape index (κ3) is 2.28. The maximum atomic E-state index is 13.2. The standard InChI is InChI=1S/C16H17FN6/c1-8-20-13-3-2-12(9-4-14(18)22-15(19)5-9)21-16(13)23(8)11-6-10(17)7-11/h2-5,10-11H,6-7H2,1H3,(H4,18,19,22). The van der Waals surface area contributed by atoms with Crippen molar-refractivity contribution in [2.45, 2.75) is 32.0 Å². The van der Waals surface area contributed by atoms with Gasteiger partial charge in [0.1, 0.15) is 29.1 Å². The predicted octanol–water partition coefficient (Wildman–Crippen LogP) is 2.64. The molecule has 1 saturated carbocycles. The second-order valence-electron chi connectivity index (χ2n) is 6.00. The molecule has 118 valence electrons. The number of fused-ring (bicyclic) bond motifs is 1. The Morgan fingerprint density at radius 2 is 1.78 bits per heavy atom. The van der Waals surface area contributed by atoms with Crippen LogP contribution in [0.2, 0.25) is 0 Å². The zero-order valence-corrected chi connectivity index (χ0v) is 12.7. The van der Waals surface area contributed by atoms with Gasteiger partial charge in [0.25, 0.3) is 0 Å². The van der Waals surface area contributed by atoms with E-state index in [1.54, 1.807) is 12.1 Å². The summed E-state index contributed by atoms with van der Waals surface area (Å²) in [7, 11) is 0. The molecule has 0 aromatic carbocycles. The SMILES string of the molecule is Cc1nc2ccc(-c3cc(N)nc(N)c3)nc2n1C1CC(F)C1. The zero-order chi connectivity index (χ0) is 16.1.